The summed E-state index contributed by atoms with van der Waals surface area (Å²) in [6.45, 7) is 1.95. The first kappa shape index (κ1) is 18.9. The van der Waals surface area contributed by atoms with Gasteiger partial charge in [-0.25, -0.2) is 4.39 Å². The Hall–Kier alpha value is -2.44. The molecule has 1 aliphatic heterocycles. The molecule has 7 heteroatoms. The maximum atomic E-state index is 13.5. The third kappa shape index (κ3) is 5.27. The number of hydrogen-bond acceptors (Lipinski definition) is 4. The van der Waals surface area contributed by atoms with Crippen LogP contribution in [0.3, 0.4) is 0 Å². The van der Waals surface area contributed by atoms with Crippen LogP contribution >= 0.6 is 0 Å². The molecule has 136 valence electrons. The summed E-state index contributed by atoms with van der Waals surface area (Å²) in [4.78, 5) is 37.5. The van der Waals surface area contributed by atoms with Gasteiger partial charge in [-0.05, 0) is 37.8 Å². The number of carbonyl (C=O) groups excluding carboxylic acids is 3. The molecule has 1 atom stereocenters. The summed E-state index contributed by atoms with van der Waals surface area (Å²) in [5.74, 6) is -2.33. The fraction of sp³-hybridized carbons (Fsp3) is 0.500. The van der Waals surface area contributed by atoms with E-state index in [0.29, 0.717) is 6.54 Å². The van der Waals surface area contributed by atoms with E-state index in [1.807, 2.05) is 6.92 Å². The Morgan fingerprint density at radius 3 is 2.76 bits per heavy atom. The first-order valence-electron chi connectivity index (χ1n) is 8.50. The third-order valence-corrected chi connectivity index (χ3v) is 4.29. The van der Waals surface area contributed by atoms with Crippen LogP contribution in [-0.4, -0.2) is 48.4 Å². The van der Waals surface area contributed by atoms with Gasteiger partial charge in [-0.2, -0.15) is 0 Å². The molecule has 1 fully saturated rings. The van der Waals surface area contributed by atoms with Crippen molar-refractivity contribution in [2.75, 3.05) is 19.7 Å². The normalized spacial score (nSPS) is 17.0. The van der Waals surface area contributed by atoms with Gasteiger partial charge < -0.3 is 15.0 Å². The molecule has 2 rings (SSSR count). The highest BCUT2D eigenvalue weighted by atomic mass is 19.1. The highest BCUT2D eigenvalue weighted by molar-refractivity contribution is 5.96. The molecular formula is C18H23FN2O4. The average Bonchev–Trinajstić information content (AvgIpc) is 2.64. The first-order valence-corrected chi connectivity index (χ1v) is 8.50. The summed E-state index contributed by atoms with van der Waals surface area (Å²) in [6, 6.07) is 5.67. The number of nitrogens with zero attached hydrogens (tertiary/aromatic N) is 1. The fourth-order valence-corrected chi connectivity index (χ4v) is 2.92. The number of amides is 2. The van der Waals surface area contributed by atoms with E-state index >= 15 is 0 Å². The van der Waals surface area contributed by atoms with E-state index in [1.165, 1.54) is 18.2 Å². The second kappa shape index (κ2) is 9.15. The van der Waals surface area contributed by atoms with Crippen LogP contribution in [0.4, 0.5) is 4.39 Å². The van der Waals surface area contributed by atoms with Crippen molar-refractivity contribution in [2.45, 2.75) is 38.6 Å². The second-order valence-corrected chi connectivity index (χ2v) is 5.97. The van der Waals surface area contributed by atoms with Crippen LogP contribution in [0.25, 0.3) is 0 Å². The predicted octanol–water partition coefficient (Wildman–Crippen LogP) is 1.89. The molecule has 0 saturated carbocycles. The molecule has 0 radical (unpaired) electrons. The number of likely N-dealkylation sites (tertiary alicyclic amines) is 1. The number of piperidine rings is 1. The monoisotopic (exact) mass is 350 g/mol. The molecule has 1 saturated heterocycles. The second-order valence-electron chi connectivity index (χ2n) is 5.97. The van der Waals surface area contributed by atoms with Gasteiger partial charge >= 0.3 is 5.97 Å². The number of esters is 1. The van der Waals surface area contributed by atoms with E-state index in [1.54, 1.807) is 4.90 Å². The lowest BCUT2D eigenvalue weighted by atomic mass is 10.00. The highest BCUT2D eigenvalue weighted by Crippen LogP contribution is 2.19. The van der Waals surface area contributed by atoms with Gasteiger partial charge in [0.25, 0.3) is 11.8 Å². The van der Waals surface area contributed by atoms with Crippen LogP contribution in [0.2, 0.25) is 0 Å². The summed E-state index contributed by atoms with van der Waals surface area (Å²) in [5, 5.41) is 2.28. The van der Waals surface area contributed by atoms with Crippen LogP contribution in [0.15, 0.2) is 24.3 Å². The molecule has 1 heterocycles. The maximum absolute atomic E-state index is 13.5. The zero-order chi connectivity index (χ0) is 18.2. The molecule has 0 bridgehead atoms. The van der Waals surface area contributed by atoms with Crippen LogP contribution in [0.5, 0.6) is 0 Å². The topological polar surface area (TPSA) is 75.7 Å². The van der Waals surface area contributed by atoms with Gasteiger partial charge in [0.1, 0.15) is 12.4 Å². The molecular weight excluding hydrogens is 327 g/mol. The van der Waals surface area contributed by atoms with Gasteiger partial charge in [0.2, 0.25) is 0 Å². The minimum absolute atomic E-state index is 0.148. The van der Waals surface area contributed by atoms with Gasteiger partial charge in [0.15, 0.2) is 6.61 Å². The summed E-state index contributed by atoms with van der Waals surface area (Å²) in [7, 11) is 0. The predicted molar refractivity (Wildman–Crippen MR) is 89.3 cm³/mol. The van der Waals surface area contributed by atoms with E-state index < -0.39 is 24.2 Å². The number of hydrogen-bond donors (Lipinski definition) is 1. The van der Waals surface area contributed by atoms with Crippen molar-refractivity contribution in [1.29, 1.82) is 0 Å². The standard InChI is InChI=1S/C18H23FN2O4/c1-2-13-7-5-6-10-21(13)16(22)12-25-17(23)11-20-18(24)14-8-3-4-9-15(14)19/h3-4,8-9,13H,2,5-7,10-12H2,1H3,(H,20,24)/t13-/m0/s1. The van der Waals surface area contributed by atoms with Crippen molar-refractivity contribution in [3.8, 4) is 0 Å². The van der Waals surface area contributed by atoms with E-state index in [4.69, 9.17) is 4.74 Å². The number of benzene rings is 1. The summed E-state index contributed by atoms with van der Waals surface area (Å²) >= 11 is 0. The van der Waals surface area contributed by atoms with Crippen molar-refractivity contribution in [2.24, 2.45) is 0 Å². The van der Waals surface area contributed by atoms with Crippen LogP contribution in [0.1, 0.15) is 43.0 Å². The molecule has 1 aromatic carbocycles. The fourth-order valence-electron chi connectivity index (χ4n) is 2.92. The van der Waals surface area contributed by atoms with Gasteiger partial charge in [-0.15, -0.1) is 0 Å². The smallest absolute Gasteiger partial charge is 0.325 e. The molecule has 1 aliphatic rings. The van der Waals surface area contributed by atoms with Crippen molar-refractivity contribution in [1.82, 2.24) is 10.2 Å². The summed E-state index contributed by atoms with van der Waals surface area (Å²) < 4.78 is 18.4. The largest absolute Gasteiger partial charge is 0.454 e. The Morgan fingerprint density at radius 2 is 2.04 bits per heavy atom. The molecule has 0 spiro atoms. The molecule has 1 N–H and O–H groups in total. The zero-order valence-electron chi connectivity index (χ0n) is 14.3. The Bertz CT molecular complexity index is 635. The molecule has 2 amide bonds. The van der Waals surface area contributed by atoms with Crippen LogP contribution in [0, 0.1) is 5.82 Å². The molecule has 0 aromatic heterocycles. The van der Waals surface area contributed by atoms with Crippen molar-refractivity contribution < 1.29 is 23.5 Å². The number of carbonyl (C=O) groups is 3. The lowest BCUT2D eigenvalue weighted by Crippen LogP contribution is -2.45. The van der Waals surface area contributed by atoms with E-state index in [-0.39, 0.29) is 24.1 Å². The van der Waals surface area contributed by atoms with Gasteiger partial charge in [-0.3, -0.25) is 14.4 Å². The molecule has 1 aromatic rings. The molecule has 6 nitrogen and oxygen atoms in total. The number of halogens is 1. The number of nitrogens with one attached hydrogen (secondary N) is 1. The third-order valence-electron chi connectivity index (χ3n) is 4.29. The molecule has 0 aliphatic carbocycles. The van der Waals surface area contributed by atoms with Crippen molar-refractivity contribution in [3.05, 3.63) is 35.6 Å². The lowest BCUT2D eigenvalue weighted by molar-refractivity contribution is -0.152. The highest BCUT2D eigenvalue weighted by Gasteiger charge is 2.25. The van der Waals surface area contributed by atoms with Gasteiger partial charge in [0.05, 0.1) is 5.56 Å². The average molecular weight is 350 g/mol. The SMILES string of the molecule is CC[C@H]1CCCCN1C(=O)COC(=O)CNC(=O)c1ccccc1F. The number of ether oxygens (including phenoxy) is 1. The Morgan fingerprint density at radius 1 is 1.28 bits per heavy atom. The lowest BCUT2D eigenvalue weighted by Gasteiger charge is -2.35. The molecule has 0 unspecified atom stereocenters. The first-order chi connectivity index (χ1) is 12.0. The van der Waals surface area contributed by atoms with Crippen molar-refractivity contribution >= 4 is 17.8 Å². The van der Waals surface area contributed by atoms with Gasteiger partial charge in [0, 0.05) is 12.6 Å². The Kier molecular flexibility index (Phi) is 6.91. The maximum Gasteiger partial charge on any atom is 0.325 e. The van der Waals surface area contributed by atoms with Gasteiger partial charge in [-0.1, -0.05) is 19.1 Å². The summed E-state index contributed by atoms with van der Waals surface area (Å²) in [5.41, 5.74) is -0.148. The van der Waals surface area contributed by atoms with Crippen LogP contribution < -0.4 is 5.32 Å². The Labute approximate surface area is 146 Å². The van der Waals surface area contributed by atoms with Crippen molar-refractivity contribution in [3.63, 3.8) is 0 Å². The number of rotatable bonds is 6. The molecule has 25 heavy (non-hydrogen) atoms. The van der Waals surface area contributed by atoms with E-state index in [9.17, 15) is 18.8 Å². The minimum atomic E-state index is -0.733. The van der Waals surface area contributed by atoms with E-state index in [0.717, 1.165) is 31.7 Å². The van der Waals surface area contributed by atoms with E-state index in [2.05, 4.69) is 5.32 Å². The van der Waals surface area contributed by atoms with Crippen LogP contribution in [-0.2, 0) is 14.3 Å². The quantitative estimate of drug-likeness (QED) is 0.795. The minimum Gasteiger partial charge on any atom is -0.454 e. The summed E-state index contributed by atoms with van der Waals surface area (Å²) in [6.07, 6.45) is 3.90. The Balaban J connectivity index is 1.76. The zero-order valence-corrected chi connectivity index (χ0v) is 14.3.